The van der Waals surface area contributed by atoms with Crippen LogP contribution in [0.25, 0.3) is 10.2 Å². The van der Waals surface area contributed by atoms with Crippen LogP contribution in [0.3, 0.4) is 0 Å². The maximum absolute atomic E-state index is 12.8. The SMILES string of the molecule is COC(=O)Cn1c(=NC(=O)c2ccc(S(=O)(=O)N3CCCC3)cc2)sc2cc(Br)ccc21. The van der Waals surface area contributed by atoms with Gasteiger partial charge in [-0.3, -0.25) is 9.59 Å². The summed E-state index contributed by atoms with van der Waals surface area (Å²) in [6.45, 7) is 0.943. The molecule has 0 saturated carbocycles. The third-order valence-electron chi connectivity index (χ3n) is 5.16. The van der Waals surface area contributed by atoms with E-state index in [1.165, 1.54) is 47.0 Å². The zero-order valence-electron chi connectivity index (χ0n) is 17.2. The third kappa shape index (κ3) is 4.56. The molecule has 2 aromatic carbocycles. The average Bonchev–Trinajstić information content (AvgIpc) is 3.43. The summed E-state index contributed by atoms with van der Waals surface area (Å²) in [5.41, 5.74) is 1.01. The van der Waals surface area contributed by atoms with E-state index in [2.05, 4.69) is 20.9 Å². The Morgan fingerprint density at radius 1 is 1.12 bits per heavy atom. The van der Waals surface area contributed by atoms with Crippen LogP contribution in [-0.4, -0.2) is 49.4 Å². The van der Waals surface area contributed by atoms with Crippen LogP contribution in [0.15, 0.2) is 56.8 Å². The van der Waals surface area contributed by atoms with Gasteiger partial charge in [-0.2, -0.15) is 9.30 Å². The van der Waals surface area contributed by atoms with E-state index in [9.17, 15) is 18.0 Å². The normalized spacial score (nSPS) is 15.4. The average molecular weight is 538 g/mol. The zero-order valence-corrected chi connectivity index (χ0v) is 20.4. The summed E-state index contributed by atoms with van der Waals surface area (Å²) in [7, 11) is -2.25. The van der Waals surface area contributed by atoms with Gasteiger partial charge in [-0.1, -0.05) is 27.3 Å². The van der Waals surface area contributed by atoms with Crippen molar-refractivity contribution in [3.05, 3.63) is 57.3 Å². The first kappa shape index (κ1) is 22.8. The van der Waals surface area contributed by atoms with Gasteiger partial charge in [0.2, 0.25) is 10.0 Å². The first-order valence-corrected chi connectivity index (χ1v) is 12.9. The number of fused-ring (bicyclic) bond motifs is 1. The topological polar surface area (TPSA) is 98.0 Å². The van der Waals surface area contributed by atoms with Crippen molar-refractivity contribution in [2.75, 3.05) is 20.2 Å². The molecule has 2 heterocycles. The minimum Gasteiger partial charge on any atom is -0.468 e. The number of sulfonamides is 1. The first-order valence-electron chi connectivity index (χ1n) is 9.84. The number of carbonyl (C=O) groups is 2. The molecule has 0 unspecified atom stereocenters. The highest BCUT2D eigenvalue weighted by molar-refractivity contribution is 9.10. The number of thiazole rings is 1. The van der Waals surface area contributed by atoms with Gasteiger partial charge in [-0.25, -0.2) is 8.42 Å². The van der Waals surface area contributed by atoms with Crippen molar-refractivity contribution in [1.29, 1.82) is 0 Å². The number of aromatic nitrogens is 1. The number of methoxy groups -OCH3 is 1. The quantitative estimate of drug-likeness (QED) is 0.465. The molecule has 1 fully saturated rings. The van der Waals surface area contributed by atoms with Crippen molar-refractivity contribution in [3.8, 4) is 0 Å². The largest absolute Gasteiger partial charge is 0.468 e. The van der Waals surface area contributed by atoms with Gasteiger partial charge in [0, 0.05) is 23.1 Å². The van der Waals surface area contributed by atoms with Gasteiger partial charge in [0.25, 0.3) is 5.91 Å². The number of nitrogens with zero attached hydrogens (tertiary/aromatic N) is 3. The summed E-state index contributed by atoms with van der Waals surface area (Å²) < 4.78 is 34.9. The van der Waals surface area contributed by atoms with Crippen LogP contribution in [0.1, 0.15) is 23.2 Å². The number of ether oxygens (including phenoxy) is 1. The lowest BCUT2D eigenvalue weighted by Gasteiger charge is -2.15. The van der Waals surface area contributed by atoms with Crippen LogP contribution in [0.4, 0.5) is 0 Å². The van der Waals surface area contributed by atoms with Crippen LogP contribution in [0.5, 0.6) is 0 Å². The Bertz CT molecular complexity index is 1350. The molecule has 11 heteroatoms. The van der Waals surface area contributed by atoms with Crippen LogP contribution >= 0.6 is 27.3 Å². The predicted octanol–water partition coefficient (Wildman–Crippen LogP) is 3.16. The Hall–Kier alpha value is -2.34. The molecule has 1 aliphatic rings. The van der Waals surface area contributed by atoms with E-state index in [1.807, 2.05) is 18.2 Å². The predicted molar refractivity (Wildman–Crippen MR) is 124 cm³/mol. The van der Waals surface area contributed by atoms with Crippen molar-refractivity contribution in [3.63, 3.8) is 0 Å². The van der Waals surface area contributed by atoms with E-state index in [1.54, 1.807) is 4.57 Å². The van der Waals surface area contributed by atoms with E-state index in [0.717, 1.165) is 27.5 Å². The molecule has 1 aliphatic heterocycles. The minimum atomic E-state index is -3.55. The van der Waals surface area contributed by atoms with Crippen LogP contribution in [-0.2, 0) is 26.1 Å². The van der Waals surface area contributed by atoms with Crippen molar-refractivity contribution in [2.45, 2.75) is 24.3 Å². The summed E-state index contributed by atoms with van der Waals surface area (Å²) in [6, 6.07) is 11.3. The second-order valence-electron chi connectivity index (χ2n) is 7.21. The standard InChI is InChI=1S/C21H20BrN3O5S2/c1-30-19(26)13-25-17-9-6-15(22)12-18(17)31-21(25)23-20(27)14-4-7-16(8-5-14)32(28,29)24-10-2-3-11-24/h4-9,12H,2-3,10-11,13H2,1H3. The van der Waals surface area contributed by atoms with E-state index in [0.29, 0.717) is 17.9 Å². The maximum atomic E-state index is 12.8. The molecule has 1 amide bonds. The molecule has 0 atom stereocenters. The molecule has 3 aromatic rings. The number of amides is 1. The fourth-order valence-electron chi connectivity index (χ4n) is 3.48. The summed E-state index contributed by atoms with van der Waals surface area (Å²) in [5, 5.41) is 0. The third-order valence-corrected chi connectivity index (χ3v) is 8.61. The van der Waals surface area contributed by atoms with E-state index >= 15 is 0 Å². The number of hydrogen-bond acceptors (Lipinski definition) is 6. The molecule has 168 valence electrons. The van der Waals surface area contributed by atoms with Gasteiger partial charge in [0.15, 0.2) is 4.80 Å². The number of esters is 1. The monoisotopic (exact) mass is 537 g/mol. The molecule has 1 saturated heterocycles. The smallest absolute Gasteiger partial charge is 0.325 e. The van der Waals surface area contributed by atoms with Crippen molar-refractivity contribution in [2.24, 2.45) is 4.99 Å². The second kappa shape index (κ2) is 9.26. The van der Waals surface area contributed by atoms with E-state index in [4.69, 9.17) is 4.74 Å². The lowest BCUT2D eigenvalue weighted by atomic mass is 10.2. The second-order valence-corrected chi connectivity index (χ2v) is 11.1. The lowest BCUT2D eigenvalue weighted by molar-refractivity contribution is -0.141. The summed E-state index contributed by atoms with van der Waals surface area (Å²) >= 11 is 4.69. The van der Waals surface area contributed by atoms with Gasteiger partial charge >= 0.3 is 5.97 Å². The van der Waals surface area contributed by atoms with Gasteiger partial charge in [-0.05, 0) is 55.3 Å². The molecular weight excluding hydrogens is 518 g/mol. The van der Waals surface area contributed by atoms with E-state index < -0.39 is 21.9 Å². The highest BCUT2D eigenvalue weighted by atomic mass is 79.9. The fraction of sp³-hybridized carbons (Fsp3) is 0.286. The molecule has 0 radical (unpaired) electrons. The summed E-state index contributed by atoms with van der Waals surface area (Å²) in [4.78, 5) is 29.4. The van der Waals surface area contributed by atoms with Gasteiger partial charge < -0.3 is 9.30 Å². The Kier molecular flexibility index (Phi) is 6.61. The molecule has 8 nitrogen and oxygen atoms in total. The fourth-order valence-corrected chi connectivity index (χ4v) is 6.57. The molecule has 0 aliphatic carbocycles. The number of halogens is 1. The Labute approximate surface area is 197 Å². The maximum Gasteiger partial charge on any atom is 0.325 e. The molecule has 0 bridgehead atoms. The number of benzene rings is 2. The number of carbonyl (C=O) groups excluding carboxylic acids is 2. The highest BCUT2D eigenvalue weighted by Crippen LogP contribution is 2.23. The van der Waals surface area contributed by atoms with Gasteiger partial charge in [-0.15, -0.1) is 0 Å². The Morgan fingerprint density at radius 3 is 2.47 bits per heavy atom. The van der Waals surface area contributed by atoms with Crippen molar-refractivity contribution >= 4 is 59.4 Å². The summed E-state index contributed by atoms with van der Waals surface area (Å²) in [6.07, 6.45) is 1.71. The Morgan fingerprint density at radius 2 is 1.81 bits per heavy atom. The zero-order chi connectivity index (χ0) is 22.9. The minimum absolute atomic E-state index is 0.0860. The van der Waals surface area contributed by atoms with Gasteiger partial charge in [0.1, 0.15) is 6.54 Å². The molecule has 1 aromatic heterocycles. The van der Waals surface area contributed by atoms with Crippen LogP contribution in [0, 0.1) is 0 Å². The lowest BCUT2D eigenvalue weighted by Crippen LogP contribution is -2.27. The Balaban J connectivity index is 1.68. The van der Waals surface area contributed by atoms with Gasteiger partial charge in [0.05, 0.1) is 22.2 Å². The molecule has 32 heavy (non-hydrogen) atoms. The molecular formula is C21H20BrN3O5S2. The van der Waals surface area contributed by atoms with E-state index in [-0.39, 0.29) is 17.0 Å². The summed E-state index contributed by atoms with van der Waals surface area (Å²) in [5.74, 6) is -0.989. The molecule has 4 rings (SSSR count). The van der Waals surface area contributed by atoms with Crippen LogP contribution < -0.4 is 4.80 Å². The number of rotatable bonds is 5. The molecule has 0 N–H and O–H groups in total. The van der Waals surface area contributed by atoms with Crippen molar-refractivity contribution < 1.29 is 22.7 Å². The first-order chi connectivity index (χ1) is 15.3. The molecule has 0 spiro atoms. The van der Waals surface area contributed by atoms with Crippen LogP contribution in [0.2, 0.25) is 0 Å². The number of hydrogen-bond donors (Lipinski definition) is 0. The highest BCUT2D eigenvalue weighted by Gasteiger charge is 2.27. The van der Waals surface area contributed by atoms with Crippen molar-refractivity contribution in [1.82, 2.24) is 8.87 Å².